The molecule has 1 atom stereocenters. The molecule has 0 aliphatic heterocycles. The Morgan fingerprint density at radius 3 is 2.94 bits per heavy atom. The average Bonchev–Trinajstić information content (AvgIpc) is 2.52. The molecule has 1 aromatic heterocycles. The Morgan fingerprint density at radius 1 is 1.62 bits per heavy atom. The van der Waals surface area contributed by atoms with Gasteiger partial charge in [-0.15, -0.1) is 0 Å². The highest BCUT2D eigenvalue weighted by Gasteiger charge is 2.09. The van der Waals surface area contributed by atoms with Crippen LogP contribution < -0.4 is 5.32 Å². The van der Waals surface area contributed by atoms with Crippen LogP contribution in [0, 0.1) is 6.92 Å². The summed E-state index contributed by atoms with van der Waals surface area (Å²) in [5, 5.41) is 17.2. The highest BCUT2D eigenvalue weighted by Crippen LogP contribution is 2.04. The molecule has 0 bridgehead atoms. The molecule has 1 aromatic rings. The molecule has 92 valence electrons. The molecule has 1 rings (SSSR count). The summed E-state index contributed by atoms with van der Waals surface area (Å²) in [6.45, 7) is 3.95. The lowest BCUT2D eigenvalue weighted by Crippen LogP contribution is -2.31. The first-order valence-corrected chi connectivity index (χ1v) is 5.50. The monoisotopic (exact) mass is 227 g/mol. The molecule has 5 nitrogen and oxygen atoms in total. The molecular formula is C11H21N3O2. The zero-order valence-electron chi connectivity index (χ0n) is 10.2. The van der Waals surface area contributed by atoms with Gasteiger partial charge in [-0.25, -0.2) is 0 Å². The molecule has 0 amide bonds. The van der Waals surface area contributed by atoms with Crippen molar-refractivity contribution in [3.05, 3.63) is 17.5 Å². The second kappa shape index (κ2) is 6.62. The van der Waals surface area contributed by atoms with E-state index in [4.69, 9.17) is 4.74 Å². The number of hydrogen-bond acceptors (Lipinski definition) is 4. The summed E-state index contributed by atoms with van der Waals surface area (Å²) >= 11 is 0. The lowest BCUT2D eigenvalue weighted by atomic mass is 10.2. The van der Waals surface area contributed by atoms with Crippen molar-refractivity contribution in [3.8, 4) is 0 Å². The number of nitrogens with one attached hydrogen (secondary N) is 1. The predicted octanol–water partition coefficient (Wildman–Crippen LogP) is -0.132. The van der Waals surface area contributed by atoms with Gasteiger partial charge >= 0.3 is 0 Å². The molecule has 5 heteroatoms. The fourth-order valence-corrected chi connectivity index (χ4v) is 1.61. The molecule has 0 aliphatic carbocycles. The van der Waals surface area contributed by atoms with Gasteiger partial charge in [-0.2, -0.15) is 5.10 Å². The van der Waals surface area contributed by atoms with Crippen LogP contribution in [-0.2, 0) is 18.2 Å². The summed E-state index contributed by atoms with van der Waals surface area (Å²) in [5.74, 6) is 0. The number of nitrogens with zero attached hydrogens (tertiary/aromatic N) is 2. The van der Waals surface area contributed by atoms with Gasteiger partial charge in [0.15, 0.2) is 0 Å². The number of aliphatic hydroxyl groups excluding tert-OH is 1. The fraction of sp³-hybridized carbons (Fsp3) is 0.727. The van der Waals surface area contributed by atoms with Crippen LogP contribution in [0.2, 0.25) is 0 Å². The van der Waals surface area contributed by atoms with E-state index in [1.807, 2.05) is 24.7 Å². The minimum atomic E-state index is -0.383. The van der Waals surface area contributed by atoms with E-state index in [9.17, 15) is 5.11 Å². The average molecular weight is 227 g/mol. The van der Waals surface area contributed by atoms with Crippen LogP contribution >= 0.6 is 0 Å². The Labute approximate surface area is 96.4 Å². The summed E-state index contributed by atoms with van der Waals surface area (Å²) < 4.78 is 6.72. The fourth-order valence-electron chi connectivity index (χ4n) is 1.61. The summed E-state index contributed by atoms with van der Waals surface area (Å²) in [7, 11) is 3.56. The second-order valence-electron chi connectivity index (χ2n) is 3.96. The third-order valence-corrected chi connectivity index (χ3v) is 2.41. The van der Waals surface area contributed by atoms with Crippen LogP contribution in [0.3, 0.4) is 0 Å². The van der Waals surface area contributed by atoms with Gasteiger partial charge in [0.05, 0.1) is 18.4 Å². The second-order valence-corrected chi connectivity index (χ2v) is 3.96. The molecule has 0 aliphatic rings. The van der Waals surface area contributed by atoms with Crippen molar-refractivity contribution in [1.29, 1.82) is 0 Å². The van der Waals surface area contributed by atoms with Crippen molar-refractivity contribution < 1.29 is 9.84 Å². The molecule has 0 saturated heterocycles. The van der Waals surface area contributed by atoms with E-state index in [0.717, 1.165) is 17.9 Å². The maximum absolute atomic E-state index is 9.79. The van der Waals surface area contributed by atoms with Crippen LogP contribution in [-0.4, -0.2) is 47.8 Å². The van der Waals surface area contributed by atoms with Crippen LogP contribution in [0.5, 0.6) is 0 Å². The highest BCUT2D eigenvalue weighted by atomic mass is 16.5. The van der Waals surface area contributed by atoms with Gasteiger partial charge in [-0.3, -0.25) is 4.68 Å². The van der Waals surface area contributed by atoms with Crippen molar-refractivity contribution in [2.24, 2.45) is 7.05 Å². The van der Waals surface area contributed by atoms with E-state index in [1.165, 1.54) is 0 Å². The Kier molecular flexibility index (Phi) is 5.45. The Hall–Kier alpha value is -0.910. The van der Waals surface area contributed by atoms with Gasteiger partial charge in [-0.1, -0.05) is 0 Å². The lowest BCUT2D eigenvalue weighted by Gasteiger charge is -2.11. The van der Waals surface area contributed by atoms with Gasteiger partial charge in [0.25, 0.3) is 0 Å². The number of methoxy groups -OCH3 is 1. The normalized spacial score (nSPS) is 13.0. The molecule has 16 heavy (non-hydrogen) atoms. The summed E-state index contributed by atoms with van der Waals surface area (Å²) in [5.41, 5.74) is 2.04. The molecule has 0 aromatic carbocycles. The number of aryl methyl sites for hydroxylation is 2. The van der Waals surface area contributed by atoms with Crippen molar-refractivity contribution in [1.82, 2.24) is 15.1 Å². The number of rotatable bonds is 7. The van der Waals surface area contributed by atoms with E-state index in [0.29, 0.717) is 19.6 Å². The zero-order chi connectivity index (χ0) is 12.0. The molecular weight excluding hydrogens is 206 g/mol. The zero-order valence-corrected chi connectivity index (χ0v) is 10.2. The van der Waals surface area contributed by atoms with E-state index in [1.54, 1.807) is 7.11 Å². The lowest BCUT2D eigenvalue weighted by molar-refractivity contribution is 0.158. The van der Waals surface area contributed by atoms with Crippen molar-refractivity contribution in [2.75, 3.05) is 26.8 Å². The SMILES string of the molecule is COCCNCC(O)Cc1cc(C)nn1C. The Bertz CT molecular complexity index is 312. The van der Waals surface area contributed by atoms with E-state index < -0.39 is 0 Å². The first kappa shape index (κ1) is 13.2. The maximum Gasteiger partial charge on any atom is 0.0719 e. The molecule has 1 heterocycles. The summed E-state index contributed by atoms with van der Waals surface area (Å²) in [6.07, 6.45) is 0.240. The Balaban J connectivity index is 2.28. The maximum atomic E-state index is 9.79. The van der Waals surface area contributed by atoms with Gasteiger partial charge < -0.3 is 15.2 Å². The van der Waals surface area contributed by atoms with Crippen molar-refractivity contribution >= 4 is 0 Å². The van der Waals surface area contributed by atoms with Crippen LogP contribution in [0.1, 0.15) is 11.4 Å². The molecule has 0 saturated carbocycles. The van der Waals surface area contributed by atoms with Gasteiger partial charge in [0, 0.05) is 39.4 Å². The largest absolute Gasteiger partial charge is 0.391 e. The molecule has 0 radical (unpaired) electrons. The van der Waals surface area contributed by atoms with E-state index in [-0.39, 0.29) is 6.10 Å². The quantitative estimate of drug-likeness (QED) is 0.637. The molecule has 2 N–H and O–H groups in total. The number of aliphatic hydroxyl groups is 1. The predicted molar refractivity (Wildman–Crippen MR) is 62.4 cm³/mol. The molecule has 1 unspecified atom stereocenters. The topological polar surface area (TPSA) is 59.3 Å². The first-order valence-electron chi connectivity index (χ1n) is 5.50. The molecule has 0 fully saturated rings. The minimum Gasteiger partial charge on any atom is -0.391 e. The van der Waals surface area contributed by atoms with Crippen LogP contribution in [0.15, 0.2) is 6.07 Å². The van der Waals surface area contributed by atoms with E-state index >= 15 is 0 Å². The first-order chi connectivity index (χ1) is 7.63. The van der Waals surface area contributed by atoms with Crippen LogP contribution in [0.4, 0.5) is 0 Å². The van der Waals surface area contributed by atoms with Gasteiger partial charge in [-0.05, 0) is 13.0 Å². The third-order valence-electron chi connectivity index (χ3n) is 2.41. The highest BCUT2D eigenvalue weighted by molar-refractivity contribution is 5.09. The smallest absolute Gasteiger partial charge is 0.0719 e. The standard InChI is InChI=1S/C11H21N3O2/c1-9-6-10(14(2)13-9)7-11(15)8-12-4-5-16-3/h6,11-12,15H,4-5,7-8H2,1-3H3. The number of aromatic nitrogens is 2. The van der Waals surface area contributed by atoms with Crippen molar-refractivity contribution in [2.45, 2.75) is 19.4 Å². The van der Waals surface area contributed by atoms with Crippen molar-refractivity contribution in [3.63, 3.8) is 0 Å². The van der Waals surface area contributed by atoms with Gasteiger partial charge in [0.2, 0.25) is 0 Å². The Morgan fingerprint density at radius 2 is 2.38 bits per heavy atom. The van der Waals surface area contributed by atoms with Gasteiger partial charge in [0.1, 0.15) is 0 Å². The number of ether oxygens (including phenoxy) is 1. The summed E-state index contributed by atoms with van der Waals surface area (Å²) in [6, 6.07) is 2.00. The molecule has 0 spiro atoms. The third kappa shape index (κ3) is 4.30. The summed E-state index contributed by atoms with van der Waals surface area (Å²) in [4.78, 5) is 0. The van der Waals surface area contributed by atoms with Crippen LogP contribution in [0.25, 0.3) is 0 Å². The van der Waals surface area contributed by atoms with E-state index in [2.05, 4.69) is 10.4 Å². The number of hydrogen-bond donors (Lipinski definition) is 2. The minimum absolute atomic E-state index is 0.383.